The lowest BCUT2D eigenvalue weighted by Crippen LogP contribution is -2.04. The Labute approximate surface area is 104 Å². The van der Waals surface area contributed by atoms with Gasteiger partial charge in [-0.3, -0.25) is 0 Å². The van der Waals surface area contributed by atoms with Crippen molar-refractivity contribution in [1.82, 2.24) is 20.2 Å². The summed E-state index contributed by atoms with van der Waals surface area (Å²) >= 11 is 1.60. The Morgan fingerprint density at radius 1 is 1.29 bits per heavy atom. The number of rotatable bonds is 6. The fourth-order valence-electron chi connectivity index (χ4n) is 1.37. The van der Waals surface area contributed by atoms with Crippen LogP contribution in [0.15, 0.2) is 35.5 Å². The van der Waals surface area contributed by atoms with E-state index in [0.717, 1.165) is 10.9 Å². The Hall–Kier alpha value is -1.40. The molecule has 0 saturated heterocycles. The maximum atomic E-state index is 5.00. The highest BCUT2D eigenvalue weighted by Crippen LogP contribution is 2.14. The fourth-order valence-corrected chi connectivity index (χ4v) is 2.15. The molecule has 0 atom stereocenters. The minimum absolute atomic E-state index is 0.697. The zero-order valence-corrected chi connectivity index (χ0v) is 10.4. The Balaban J connectivity index is 1.99. The van der Waals surface area contributed by atoms with E-state index in [9.17, 15) is 0 Å². The van der Waals surface area contributed by atoms with Gasteiger partial charge in [-0.15, -0.1) is 5.10 Å². The minimum atomic E-state index is 0.697. The molecule has 0 aliphatic rings. The lowest BCUT2D eigenvalue weighted by molar-refractivity contribution is 0.218. The highest BCUT2D eigenvalue weighted by Gasteiger charge is 2.06. The number of tetrazole rings is 1. The van der Waals surface area contributed by atoms with Crippen molar-refractivity contribution in [2.24, 2.45) is 0 Å². The molecule has 0 fully saturated rings. The second kappa shape index (κ2) is 6.36. The molecule has 1 heterocycles. The van der Waals surface area contributed by atoms with Gasteiger partial charge in [0.05, 0.1) is 13.2 Å². The molecule has 2 aromatic rings. The number of benzene rings is 1. The number of hydrogen-bond donors (Lipinski definition) is 0. The predicted molar refractivity (Wildman–Crippen MR) is 66.0 cm³/mol. The molecule has 1 aromatic heterocycles. The standard InChI is InChI=1S/C11H14N4OS/c1-16-7-8-17-11-12-13-14-15(11)9-10-5-3-2-4-6-10/h2-6H,7-9H2,1H3. The summed E-state index contributed by atoms with van der Waals surface area (Å²) in [7, 11) is 1.69. The molecule has 90 valence electrons. The van der Waals surface area contributed by atoms with Crippen LogP contribution in [0.4, 0.5) is 0 Å². The summed E-state index contributed by atoms with van der Waals surface area (Å²) in [6.45, 7) is 1.39. The molecule has 6 heteroatoms. The smallest absolute Gasteiger partial charge is 0.209 e. The lowest BCUT2D eigenvalue weighted by Gasteiger charge is -2.03. The molecule has 1 aromatic carbocycles. The van der Waals surface area contributed by atoms with Gasteiger partial charge in [0.25, 0.3) is 0 Å². The molecule has 0 amide bonds. The van der Waals surface area contributed by atoms with Gasteiger partial charge in [0.1, 0.15) is 0 Å². The molecular weight excluding hydrogens is 236 g/mol. The van der Waals surface area contributed by atoms with Crippen molar-refractivity contribution in [2.45, 2.75) is 11.7 Å². The molecule has 0 aliphatic heterocycles. The molecule has 0 spiro atoms. The number of nitrogens with zero attached hydrogens (tertiary/aromatic N) is 4. The van der Waals surface area contributed by atoms with Crippen molar-refractivity contribution in [1.29, 1.82) is 0 Å². The average Bonchev–Trinajstić information content (AvgIpc) is 2.79. The van der Waals surface area contributed by atoms with Gasteiger partial charge in [-0.05, 0) is 16.0 Å². The van der Waals surface area contributed by atoms with Gasteiger partial charge in [0, 0.05) is 12.9 Å². The van der Waals surface area contributed by atoms with Crippen LogP contribution < -0.4 is 0 Å². The predicted octanol–water partition coefficient (Wildman–Crippen LogP) is 1.46. The van der Waals surface area contributed by atoms with Crippen molar-refractivity contribution in [2.75, 3.05) is 19.5 Å². The second-order valence-corrected chi connectivity index (χ2v) is 4.51. The van der Waals surface area contributed by atoms with E-state index in [0.29, 0.717) is 13.2 Å². The first-order chi connectivity index (χ1) is 8.40. The lowest BCUT2D eigenvalue weighted by atomic mass is 10.2. The normalized spacial score (nSPS) is 10.6. The van der Waals surface area contributed by atoms with Crippen LogP contribution in [0.3, 0.4) is 0 Å². The number of hydrogen-bond acceptors (Lipinski definition) is 5. The molecule has 0 radical (unpaired) electrons. The van der Waals surface area contributed by atoms with Crippen molar-refractivity contribution < 1.29 is 4.74 Å². The summed E-state index contributed by atoms with van der Waals surface area (Å²) < 4.78 is 6.80. The van der Waals surface area contributed by atoms with Crippen molar-refractivity contribution >= 4 is 11.8 Å². The van der Waals surface area contributed by atoms with Gasteiger partial charge >= 0.3 is 0 Å². The third-order valence-corrected chi connectivity index (χ3v) is 3.11. The second-order valence-electron chi connectivity index (χ2n) is 3.45. The van der Waals surface area contributed by atoms with Crippen LogP contribution in [0.1, 0.15) is 5.56 Å². The Morgan fingerprint density at radius 3 is 2.88 bits per heavy atom. The zero-order chi connectivity index (χ0) is 11.9. The van der Waals surface area contributed by atoms with Gasteiger partial charge < -0.3 is 4.74 Å². The summed E-state index contributed by atoms with van der Waals surface area (Å²) in [6.07, 6.45) is 0. The summed E-state index contributed by atoms with van der Waals surface area (Å²) in [4.78, 5) is 0. The van der Waals surface area contributed by atoms with Crippen molar-refractivity contribution in [3.63, 3.8) is 0 Å². The summed E-state index contributed by atoms with van der Waals surface area (Å²) in [5.41, 5.74) is 1.19. The highest BCUT2D eigenvalue weighted by atomic mass is 32.2. The van der Waals surface area contributed by atoms with Gasteiger partial charge in [0.2, 0.25) is 5.16 Å². The highest BCUT2D eigenvalue weighted by molar-refractivity contribution is 7.99. The van der Waals surface area contributed by atoms with Gasteiger partial charge in [0.15, 0.2) is 0 Å². The Kier molecular flexibility index (Phi) is 4.52. The molecule has 0 saturated carbocycles. The summed E-state index contributed by atoms with van der Waals surface area (Å²) in [5.74, 6) is 0.853. The van der Waals surface area contributed by atoms with E-state index in [2.05, 4.69) is 27.7 Å². The van der Waals surface area contributed by atoms with E-state index < -0.39 is 0 Å². The number of methoxy groups -OCH3 is 1. The zero-order valence-electron chi connectivity index (χ0n) is 9.61. The maximum Gasteiger partial charge on any atom is 0.209 e. The minimum Gasteiger partial charge on any atom is -0.384 e. The van der Waals surface area contributed by atoms with E-state index >= 15 is 0 Å². The molecule has 0 aliphatic carbocycles. The molecule has 2 rings (SSSR count). The van der Waals surface area contributed by atoms with Crippen LogP contribution >= 0.6 is 11.8 Å². The number of thioether (sulfide) groups is 1. The van der Waals surface area contributed by atoms with E-state index in [1.165, 1.54) is 5.56 Å². The molecule has 5 nitrogen and oxygen atoms in total. The molecule has 0 N–H and O–H groups in total. The first-order valence-corrected chi connectivity index (χ1v) is 6.30. The third kappa shape index (κ3) is 3.54. The SMILES string of the molecule is COCCSc1nnnn1Cc1ccccc1. The van der Waals surface area contributed by atoms with E-state index in [1.54, 1.807) is 23.6 Å². The number of aromatic nitrogens is 4. The van der Waals surface area contributed by atoms with E-state index in [-0.39, 0.29) is 0 Å². The largest absolute Gasteiger partial charge is 0.384 e. The quantitative estimate of drug-likeness (QED) is 0.574. The van der Waals surface area contributed by atoms with E-state index in [4.69, 9.17) is 4.74 Å². The van der Waals surface area contributed by atoms with Crippen LogP contribution in [-0.2, 0) is 11.3 Å². The van der Waals surface area contributed by atoms with Gasteiger partial charge in [-0.2, -0.15) is 0 Å². The molecule has 0 bridgehead atoms. The average molecular weight is 250 g/mol. The Bertz CT molecular complexity index is 446. The Morgan fingerprint density at radius 2 is 2.12 bits per heavy atom. The topological polar surface area (TPSA) is 52.8 Å². The van der Waals surface area contributed by atoms with Crippen molar-refractivity contribution in [3.8, 4) is 0 Å². The maximum absolute atomic E-state index is 5.00. The first kappa shape index (κ1) is 12.1. The molecule has 17 heavy (non-hydrogen) atoms. The monoisotopic (exact) mass is 250 g/mol. The number of ether oxygens (including phenoxy) is 1. The van der Waals surface area contributed by atoms with Crippen LogP contribution in [-0.4, -0.2) is 39.7 Å². The summed E-state index contributed by atoms with van der Waals surface area (Å²) in [5, 5.41) is 12.5. The summed E-state index contributed by atoms with van der Waals surface area (Å²) in [6, 6.07) is 10.1. The van der Waals surface area contributed by atoms with Gasteiger partial charge in [-0.25, -0.2) is 4.68 Å². The molecule has 0 unspecified atom stereocenters. The van der Waals surface area contributed by atoms with Crippen LogP contribution in [0.5, 0.6) is 0 Å². The first-order valence-electron chi connectivity index (χ1n) is 5.32. The van der Waals surface area contributed by atoms with Crippen LogP contribution in [0, 0.1) is 0 Å². The van der Waals surface area contributed by atoms with Gasteiger partial charge in [-0.1, -0.05) is 42.1 Å². The molecular formula is C11H14N4OS. The third-order valence-electron chi connectivity index (χ3n) is 2.19. The fraction of sp³-hybridized carbons (Fsp3) is 0.364. The van der Waals surface area contributed by atoms with Crippen molar-refractivity contribution in [3.05, 3.63) is 35.9 Å². The van der Waals surface area contributed by atoms with Crippen LogP contribution in [0.2, 0.25) is 0 Å². The van der Waals surface area contributed by atoms with E-state index in [1.807, 2.05) is 18.2 Å². The van der Waals surface area contributed by atoms with Crippen LogP contribution in [0.25, 0.3) is 0 Å².